The van der Waals surface area contributed by atoms with Gasteiger partial charge in [0.15, 0.2) is 0 Å². The number of hydrogen-bond acceptors (Lipinski definition) is 1. The molecule has 1 nitrogen and oxygen atoms in total. The van der Waals surface area contributed by atoms with Crippen molar-refractivity contribution in [1.82, 2.24) is 0 Å². The van der Waals surface area contributed by atoms with Crippen LogP contribution in [0.15, 0.2) is 36.4 Å². The highest BCUT2D eigenvalue weighted by Crippen LogP contribution is 2.28. The van der Waals surface area contributed by atoms with Crippen LogP contribution in [-0.4, -0.2) is 13.1 Å². The predicted octanol–water partition coefficient (Wildman–Crippen LogP) is 4.58. The van der Waals surface area contributed by atoms with Crippen LogP contribution < -0.4 is 4.90 Å². The summed E-state index contributed by atoms with van der Waals surface area (Å²) in [6.45, 7) is 2.14. The van der Waals surface area contributed by atoms with Gasteiger partial charge in [-0.1, -0.05) is 56.4 Å². The third-order valence-corrected chi connectivity index (χ3v) is 4.69. The van der Waals surface area contributed by atoms with E-state index in [-0.39, 0.29) is 0 Å². The summed E-state index contributed by atoms with van der Waals surface area (Å²) in [6, 6.07) is 9.25. The fraction of sp³-hybridized carbons (Fsp3) is 0.556. The normalized spacial score (nSPS) is 20.1. The van der Waals surface area contributed by atoms with Gasteiger partial charge in [-0.05, 0) is 36.5 Å². The molecule has 1 aromatic carbocycles. The summed E-state index contributed by atoms with van der Waals surface area (Å²) in [6.07, 6.45) is 14.5. The lowest BCUT2D eigenvalue weighted by atomic mass is 9.85. The molecule has 0 aromatic heterocycles. The van der Waals surface area contributed by atoms with Gasteiger partial charge in [0.1, 0.15) is 0 Å². The van der Waals surface area contributed by atoms with Crippen molar-refractivity contribution in [3.05, 3.63) is 42.0 Å². The maximum Gasteiger partial charge on any atom is 0.0372 e. The second-order valence-corrected chi connectivity index (χ2v) is 6.09. The number of hydrogen-bond donors (Lipinski definition) is 0. The molecule has 0 spiro atoms. The Balaban J connectivity index is 1.50. The minimum atomic E-state index is 0.996. The van der Waals surface area contributed by atoms with Gasteiger partial charge in [-0.2, -0.15) is 0 Å². The molecule has 1 saturated carbocycles. The Morgan fingerprint density at radius 3 is 2.26 bits per heavy atom. The zero-order valence-electron chi connectivity index (χ0n) is 11.9. The molecule has 0 amide bonds. The molecule has 19 heavy (non-hydrogen) atoms. The molecular weight excluding hydrogens is 230 g/mol. The summed E-state index contributed by atoms with van der Waals surface area (Å²) in [5, 5.41) is 0. The van der Waals surface area contributed by atoms with E-state index in [0.29, 0.717) is 0 Å². The molecule has 1 heteroatoms. The van der Waals surface area contributed by atoms with Crippen molar-refractivity contribution in [3.8, 4) is 0 Å². The highest BCUT2D eigenvalue weighted by Gasteiger charge is 2.13. The third kappa shape index (κ3) is 3.40. The molecule has 1 aliphatic heterocycles. The van der Waals surface area contributed by atoms with E-state index in [2.05, 4.69) is 41.3 Å². The molecule has 0 bridgehead atoms. The fourth-order valence-corrected chi connectivity index (χ4v) is 3.41. The molecule has 3 rings (SSSR count). The first-order chi connectivity index (χ1) is 9.42. The molecule has 1 aromatic rings. The van der Waals surface area contributed by atoms with Gasteiger partial charge >= 0.3 is 0 Å². The van der Waals surface area contributed by atoms with Crippen molar-refractivity contribution in [2.75, 3.05) is 18.0 Å². The summed E-state index contributed by atoms with van der Waals surface area (Å²) in [5.74, 6) is 0.996. The number of benzene rings is 1. The Labute approximate surface area is 117 Å². The van der Waals surface area contributed by atoms with Gasteiger partial charge in [-0.25, -0.2) is 0 Å². The van der Waals surface area contributed by atoms with Gasteiger partial charge in [0, 0.05) is 18.8 Å². The van der Waals surface area contributed by atoms with Crippen LogP contribution in [0.3, 0.4) is 0 Å². The molecule has 2 aliphatic rings. The minimum absolute atomic E-state index is 0.996. The van der Waals surface area contributed by atoms with E-state index in [0.717, 1.165) is 19.0 Å². The first-order valence-corrected chi connectivity index (χ1v) is 7.91. The van der Waals surface area contributed by atoms with Crippen molar-refractivity contribution in [1.29, 1.82) is 0 Å². The average molecular weight is 255 g/mol. The third-order valence-electron chi connectivity index (χ3n) is 4.69. The Morgan fingerprint density at radius 1 is 0.895 bits per heavy atom. The second kappa shape index (κ2) is 6.27. The van der Waals surface area contributed by atoms with Crippen LogP contribution in [0.25, 0.3) is 0 Å². The SMILES string of the molecule is C1=CCN(c2ccc(CCC3CCCCC3)cc2)C1. The molecule has 0 atom stereocenters. The molecule has 1 heterocycles. The van der Waals surface area contributed by atoms with E-state index in [4.69, 9.17) is 0 Å². The number of anilines is 1. The van der Waals surface area contributed by atoms with E-state index in [9.17, 15) is 0 Å². The van der Waals surface area contributed by atoms with Crippen molar-refractivity contribution in [3.63, 3.8) is 0 Å². The van der Waals surface area contributed by atoms with Crippen molar-refractivity contribution >= 4 is 5.69 Å². The lowest BCUT2D eigenvalue weighted by molar-refractivity contribution is 0.339. The maximum absolute atomic E-state index is 2.41. The first kappa shape index (κ1) is 12.8. The van der Waals surface area contributed by atoms with E-state index in [1.807, 2.05) is 0 Å². The van der Waals surface area contributed by atoms with E-state index >= 15 is 0 Å². The molecule has 0 saturated heterocycles. The van der Waals surface area contributed by atoms with Crippen LogP contribution in [0.4, 0.5) is 5.69 Å². The van der Waals surface area contributed by atoms with Gasteiger partial charge in [0.2, 0.25) is 0 Å². The van der Waals surface area contributed by atoms with Crippen LogP contribution in [0.1, 0.15) is 44.1 Å². The highest BCUT2D eigenvalue weighted by molar-refractivity contribution is 5.50. The van der Waals surface area contributed by atoms with Crippen molar-refractivity contribution in [2.45, 2.75) is 44.9 Å². The van der Waals surface area contributed by atoms with Gasteiger partial charge in [0.25, 0.3) is 0 Å². The zero-order valence-corrected chi connectivity index (χ0v) is 11.9. The number of rotatable bonds is 4. The van der Waals surface area contributed by atoms with Gasteiger partial charge in [0.05, 0.1) is 0 Å². The van der Waals surface area contributed by atoms with E-state index in [1.165, 1.54) is 56.2 Å². The summed E-state index contributed by atoms with van der Waals surface area (Å²) in [7, 11) is 0. The van der Waals surface area contributed by atoms with Crippen molar-refractivity contribution in [2.24, 2.45) is 5.92 Å². The van der Waals surface area contributed by atoms with Crippen LogP contribution in [0.5, 0.6) is 0 Å². The Kier molecular flexibility index (Phi) is 4.22. The van der Waals surface area contributed by atoms with Crippen molar-refractivity contribution < 1.29 is 0 Å². The quantitative estimate of drug-likeness (QED) is 0.712. The Hall–Kier alpha value is -1.24. The second-order valence-electron chi connectivity index (χ2n) is 6.09. The summed E-state index contributed by atoms with van der Waals surface area (Å²) in [4.78, 5) is 2.41. The summed E-state index contributed by atoms with van der Waals surface area (Å²) in [5.41, 5.74) is 2.88. The number of aryl methyl sites for hydroxylation is 1. The van der Waals surface area contributed by atoms with Crippen LogP contribution in [0.2, 0.25) is 0 Å². The van der Waals surface area contributed by atoms with Gasteiger partial charge in [-0.15, -0.1) is 0 Å². The van der Waals surface area contributed by atoms with Crippen LogP contribution >= 0.6 is 0 Å². The summed E-state index contributed by atoms with van der Waals surface area (Å²) < 4.78 is 0. The zero-order chi connectivity index (χ0) is 12.9. The molecular formula is C18H25N. The topological polar surface area (TPSA) is 3.24 Å². The molecule has 0 N–H and O–H groups in total. The lowest BCUT2D eigenvalue weighted by Gasteiger charge is -2.21. The van der Waals surface area contributed by atoms with Gasteiger partial charge < -0.3 is 4.90 Å². The minimum Gasteiger partial charge on any atom is -0.364 e. The smallest absolute Gasteiger partial charge is 0.0372 e. The van der Waals surface area contributed by atoms with Crippen LogP contribution in [-0.2, 0) is 6.42 Å². The largest absolute Gasteiger partial charge is 0.364 e. The average Bonchev–Trinajstić information content (AvgIpc) is 3.01. The maximum atomic E-state index is 2.41. The standard InChI is InChI=1S/C18H25N/c1-2-6-16(7-3-1)8-9-17-10-12-18(13-11-17)19-14-4-5-15-19/h4-5,10-13,16H,1-3,6-9,14-15H2. The predicted molar refractivity (Wildman–Crippen MR) is 82.7 cm³/mol. The molecule has 0 unspecified atom stereocenters. The molecule has 1 aliphatic carbocycles. The highest BCUT2D eigenvalue weighted by atomic mass is 15.1. The monoisotopic (exact) mass is 255 g/mol. The Bertz CT molecular complexity index is 404. The molecule has 1 fully saturated rings. The molecule has 102 valence electrons. The number of nitrogens with zero attached hydrogens (tertiary/aromatic N) is 1. The first-order valence-electron chi connectivity index (χ1n) is 7.91. The lowest BCUT2D eigenvalue weighted by Crippen LogP contribution is -2.18. The fourth-order valence-electron chi connectivity index (χ4n) is 3.41. The van der Waals surface area contributed by atoms with E-state index in [1.54, 1.807) is 0 Å². The summed E-state index contributed by atoms with van der Waals surface area (Å²) >= 11 is 0. The van der Waals surface area contributed by atoms with Gasteiger partial charge in [-0.3, -0.25) is 0 Å². The van der Waals surface area contributed by atoms with E-state index < -0.39 is 0 Å². The van der Waals surface area contributed by atoms with Crippen LogP contribution in [0, 0.1) is 5.92 Å². The molecule has 0 radical (unpaired) electrons. The Morgan fingerprint density at radius 2 is 1.58 bits per heavy atom.